The molecule has 3 nitrogen and oxygen atoms in total. The van der Waals surface area contributed by atoms with Gasteiger partial charge in [0.05, 0.1) is 11.8 Å². The highest BCUT2D eigenvalue weighted by Gasteiger charge is 2.02. The van der Waals surface area contributed by atoms with Gasteiger partial charge in [-0.1, -0.05) is 54.7 Å². The second-order valence-electron chi connectivity index (χ2n) is 4.37. The van der Waals surface area contributed by atoms with E-state index in [1.807, 2.05) is 30.3 Å². The van der Waals surface area contributed by atoms with Gasteiger partial charge in [-0.15, -0.1) is 0 Å². The van der Waals surface area contributed by atoms with Gasteiger partial charge in [0, 0.05) is 23.9 Å². The summed E-state index contributed by atoms with van der Waals surface area (Å²) in [6.45, 7) is 2.14. The number of hydrogen-bond acceptors (Lipinski definition) is 3. The third-order valence-corrected chi connectivity index (χ3v) is 3.08. The van der Waals surface area contributed by atoms with Crippen LogP contribution in [0.1, 0.15) is 43.9 Å². The Bertz CT molecular complexity index is 518. The van der Waals surface area contributed by atoms with E-state index in [4.69, 9.17) is 21.4 Å². The van der Waals surface area contributed by atoms with Gasteiger partial charge in [0.15, 0.2) is 0 Å². The predicted molar refractivity (Wildman–Crippen MR) is 80.5 cm³/mol. The van der Waals surface area contributed by atoms with Crippen molar-refractivity contribution in [3.05, 3.63) is 52.9 Å². The lowest BCUT2D eigenvalue weighted by molar-refractivity contribution is 0.413. The van der Waals surface area contributed by atoms with Gasteiger partial charge >= 0.3 is 0 Å². The Morgan fingerprint density at radius 3 is 2.65 bits per heavy atom. The summed E-state index contributed by atoms with van der Waals surface area (Å²) in [7, 11) is 0. The smallest absolute Gasteiger partial charge is 0.124 e. The van der Waals surface area contributed by atoms with Gasteiger partial charge in [-0.2, -0.15) is 5.26 Å². The van der Waals surface area contributed by atoms with Crippen LogP contribution in [-0.2, 0) is 6.42 Å². The van der Waals surface area contributed by atoms with Crippen molar-refractivity contribution in [1.82, 2.24) is 5.16 Å². The second-order valence-corrected chi connectivity index (χ2v) is 4.78. The average Bonchev–Trinajstić information content (AvgIpc) is 2.96. The number of halogens is 1. The molecule has 1 aromatic heterocycles. The van der Waals surface area contributed by atoms with Gasteiger partial charge in [0.25, 0.3) is 0 Å². The summed E-state index contributed by atoms with van der Waals surface area (Å²) in [5.41, 5.74) is 1.96. The van der Waals surface area contributed by atoms with Gasteiger partial charge in [0.2, 0.25) is 0 Å². The highest BCUT2D eigenvalue weighted by Crippen LogP contribution is 2.17. The monoisotopic (exact) mass is 290 g/mol. The van der Waals surface area contributed by atoms with E-state index in [1.165, 1.54) is 12.8 Å². The minimum atomic E-state index is 0.718. The first kappa shape index (κ1) is 16.3. The minimum absolute atomic E-state index is 0.718. The van der Waals surface area contributed by atoms with Crippen LogP contribution in [0.15, 0.2) is 41.1 Å². The zero-order chi connectivity index (χ0) is 14.6. The molecule has 0 radical (unpaired) electrons. The van der Waals surface area contributed by atoms with E-state index in [0.717, 1.165) is 35.5 Å². The number of hydrogen-bond donors (Lipinski definition) is 0. The molecule has 0 amide bonds. The highest BCUT2D eigenvalue weighted by molar-refractivity contribution is 6.31. The normalized spacial score (nSPS) is 9.45. The first-order chi connectivity index (χ1) is 9.77. The molecule has 0 atom stereocenters. The van der Waals surface area contributed by atoms with Gasteiger partial charge < -0.3 is 4.52 Å². The fourth-order valence-corrected chi connectivity index (χ4v) is 1.82. The molecule has 0 N–H and O–H groups in total. The fourth-order valence-electron chi connectivity index (χ4n) is 1.62. The van der Waals surface area contributed by atoms with E-state index in [-0.39, 0.29) is 0 Å². The summed E-state index contributed by atoms with van der Waals surface area (Å²) in [6, 6.07) is 11.7. The molecule has 0 spiro atoms. The summed E-state index contributed by atoms with van der Waals surface area (Å²) >= 11 is 5.98. The number of rotatable bonds is 5. The molecule has 0 fully saturated rings. The van der Waals surface area contributed by atoms with Crippen molar-refractivity contribution in [1.29, 1.82) is 5.26 Å². The van der Waals surface area contributed by atoms with Gasteiger partial charge in [-0.25, -0.2) is 0 Å². The number of nitriles is 1. The number of benzene rings is 1. The summed E-state index contributed by atoms with van der Waals surface area (Å²) in [6.07, 6.45) is 6.50. The van der Waals surface area contributed by atoms with E-state index in [9.17, 15) is 0 Å². The predicted octanol–water partition coefficient (Wildman–Crippen LogP) is 5.01. The molecule has 0 saturated heterocycles. The molecule has 2 aromatic rings. The Labute approximate surface area is 125 Å². The van der Waals surface area contributed by atoms with Crippen LogP contribution in [0.3, 0.4) is 0 Å². The quantitative estimate of drug-likeness (QED) is 0.727. The SMILES string of the molecule is CCCCCC#N.Clc1ccccc1Cc1ccon1. The van der Waals surface area contributed by atoms with Crippen LogP contribution in [0.25, 0.3) is 0 Å². The topological polar surface area (TPSA) is 49.8 Å². The zero-order valence-corrected chi connectivity index (χ0v) is 12.4. The van der Waals surface area contributed by atoms with E-state index < -0.39 is 0 Å². The van der Waals surface area contributed by atoms with Crippen LogP contribution in [0.4, 0.5) is 0 Å². The van der Waals surface area contributed by atoms with Gasteiger partial charge in [-0.3, -0.25) is 0 Å². The second kappa shape index (κ2) is 10.1. The lowest BCUT2D eigenvalue weighted by Gasteiger charge is -1.99. The third-order valence-electron chi connectivity index (χ3n) is 2.71. The Morgan fingerprint density at radius 1 is 1.25 bits per heavy atom. The van der Waals surface area contributed by atoms with E-state index in [2.05, 4.69) is 18.1 Å². The largest absolute Gasteiger partial charge is 0.365 e. The van der Waals surface area contributed by atoms with Crippen LogP contribution < -0.4 is 0 Å². The van der Waals surface area contributed by atoms with Crippen molar-refractivity contribution in [3.8, 4) is 6.07 Å². The first-order valence-corrected chi connectivity index (χ1v) is 7.15. The lowest BCUT2D eigenvalue weighted by Crippen LogP contribution is -1.88. The first-order valence-electron chi connectivity index (χ1n) is 6.77. The molecule has 0 aliphatic rings. The van der Waals surface area contributed by atoms with Crippen LogP contribution in [0.2, 0.25) is 5.02 Å². The van der Waals surface area contributed by atoms with Crippen molar-refractivity contribution in [3.63, 3.8) is 0 Å². The molecule has 1 heterocycles. The van der Waals surface area contributed by atoms with Crippen molar-refractivity contribution in [2.24, 2.45) is 0 Å². The molecule has 1 aromatic carbocycles. The highest BCUT2D eigenvalue weighted by atomic mass is 35.5. The van der Waals surface area contributed by atoms with Crippen molar-refractivity contribution in [2.75, 3.05) is 0 Å². The van der Waals surface area contributed by atoms with Crippen molar-refractivity contribution in [2.45, 2.75) is 39.0 Å². The standard InChI is InChI=1S/C10H8ClNO.C6H11N/c11-10-4-2-1-3-8(10)7-9-5-6-13-12-9;1-2-3-4-5-6-7/h1-6H,7H2;2-5H2,1H3. The molecular formula is C16H19ClN2O. The molecule has 20 heavy (non-hydrogen) atoms. The maximum absolute atomic E-state index is 8.04. The van der Waals surface area contributed by atoms with Crippen molar-refractivity contribution >= 4 is 11.6 Å². The number of aromatic nitrogens is 1. The zero-order valence-electron chi connectivity index (χ0n) is 11.7. The summed E-state index contributed by atoms with van der Waals surface area (Å²) in [5.74, 6) is 0. The Kier molecular flexibility index (Phi) is 8.17. The van der Waals surface area contributed by atoms with Crippen LogP contribution in [0.5, 0.6) is 0 Å². The molecule has 0 unspecified atom stereocenters. The molecule has 0 aliphatic heterocycles. The molecule has 106 valence electrons. The lowest BCUT2D eigenvalue weighted by atomic mass is 10.1. The molecule has 0 saturated carbocycles. The number of unbranched alkanes of at least 4 members (excludes halogenated alkanes) is 3. The van der Waals surface area contributed by atoms with Gasteiger partial charge in [0.1, 0.15) is 6.26 Å². The van der Waals surface area contributed by atoms with Gasteiger partial charge in [-0.05, 0) is 18.1 Å². The van der Waals surface area contributed by atoms with E-state index in [1.54, 1.807) is 6.26 Å². The molecule has 2 rings (SSSR count). The molecule has 4 heteroatoms. The molecule has 0 bridgehead atoms. The summed E-state index contributed by atoms with van der Waals surface area (Å²) < 4.78 is 4.73. The summed E-state index contributed by atoms with van der Waals surface area (Å²) in [5, 5.41) is 12.6. The molecular weight excluding hydrogens is 272 g/mol. The van der Waals surface area contributed by atoms with Crippen LogP contribution >= 0.6 is 11.6 Å². The fraction of sp³-hybridized carbons (Fsp3) is 0.375. The average molecular weight is 291 g/mol. The van der Waals surface area contributed by atoms with E-state index >= 15 is 0 Å². The number of nitrogens with zero attached hydrogens (tertiary/aromatic N) is 2. The van der Waals surface area contributed by atoms with Crippen molar-refractivity contribution < 1.29 is 4.52 Å². The van der Waals surface area contributed by atoms with E-state index in [0.29, 0.717) is 0 Å². The maximum Gasteiger partial charge on any atom is 0.124 e. The van der Waals surface area contributed by atoms with Crippen LogP contribution in [0, 0.1) is 11.3 Å². The Balaban J connectivity index is 0.000000246. The summed E-state index contributed by atoms with van der Waals surface area (Å²) in [4.78, 5) is 0. The van der Waals surface area contributed by atoms with Crippen LogP contribution in [-0.4, -0.2) is 5.16 Å². The Morgan fingerprint density at radius 2 is 2.05 bits per heavy atom. The molecule has 0 aliphatic carbocycles. The Hall–Kier alpha value is -1.79. The minimum Gasteiger partial charge on any atom is -0.365 e. The maximum atomic E-state index is 8.04. The third kappa shape index (κ3) is 6.40.